The summed E-state index contributed by atoms with van der Waals surface area (Å²) in [7, 11) is 6.05. The Morgan fingerprint density at radius 1 is 1.30 bits per heavy atom. The fourth-order valence-corrected chi connectivity index (χ4v) is 2.86. The van der Waals surface area contributed by atoms with Gasteiger partial charge in [-0.2, -0.15) is 0 Å². The third-order valence-electron chi connectivity index (χ3n) is 4.23. The van der Waals surface area contributed by atoms with Gasteiger partial charge < -0.3 is 20.4 Å². The molecule has 1 unspecified atom stereocenters. The van der Waals surface area contributed by atoms with Crippen molar-refractivity contribution in [1.29, 1.82) is 0 Å². The summed E-state index contributed by atoms with van der Waals surface area (Å²) >= 11 is 0. The first-order valence-electron chi connectivity index (χ1n) is 8.52. The van der Waals surface area contributed by atoms with Crippen molar-refractivity contribution >= 4 is 11.6 Å². The maximum atomic E-state index is 4.34. The Balaban J connectivity index is 1.76. The van der Waals surface area contributed by atoms with Crippen LogP contribution in [0.15, 0.2) is 29.3 Å². The molecule has 0 radical (unpaired) electrons. The zero-order valence-electron chi connectivity index (χ0n) is 15.0. The van der Waals surface area contributed by atoms with E-state index in [9.17, 15) is 0 Å². The van der Waals surface area contributed by atoms with Crippen molar-refractivity contribution < 1.29 is 0 Å². The molecule has 5 heteroatoms. The molecule has 1 aliphatic heterocycles. The van der Waals surface area contributed by atoms with Gasteiger partial charge >= 0.3 is 0 Å². The minimum Gasteiger partial charge on any atom is -0.369 e. The highest BCUT2D eigenvalue weighted by molar-refractivity contribution is 5.80. The molecule has 0 amide bonds. The summed E-state index contributed by atoms with van der Waals surface area (Å²) in [5, 5.41) is 6.96. The summed E-state index contributed by atoms with van der Waals surface area (Å²) in [4.78, 5) is 8.98. The van der Waals surface area contributed by atoms with Crippen LogP contribution in [0.4, 0.5) is 5.69 Å². The molecule has 0 aromatic heterocycles. The van der Waals surface area contributed by atoms with Gasteiger partial charge in [0.1, 0.15) is 0 Å². The zero-order chi connectivity index (χ0) is 16.7. The van der Waals surface area contributed by atoms with Gasteiger partial charge in [0, 0.05) is 38.4 Å². The first kappa shape index (κ1) is 17.6. The molecule has 1 saturated heterocycles. The number of hydrogen-bond acceptors (Lipinski definition) is 3. The van der Waals surface area contributed by atoms with Gasteiger partial charge in [0.2, 0.25) is 0 Å². The maximum absolute atomic E-state index is 4.34. The maximum Gasteiger partial charge on any atom is 0.191 e. The summed E-state index contributed by atoms with van der Waals surface area (Å²) in [6.45, 7) is 6.30. The zero-order valence-corrected chi connectivity index (χ0v) is 15.0. The number of nitrogens with one attached hydrogen (secondary N) is 2. The van der Waals surface area contributed by atoms with Crippen LogP contribution in [0.1, 0.15) is 18.4 Å². The second-order valence-electron chi connectivity index (χ2n) is 6.57. The number of nitrogens with zero attached hydrogens (tertiary/aromatic N) is 3. The Labute approximate surface area is 140 Å². The van der Waals surface area contributed by atoms with E-state index in [1.165, 1.54) is 11.3 Å². The highest BCUT2D eigenvalue weighted by atomic mass is 15.2. The van der Waals surface area contributed by atoms with Gasteiger partial charge in [-0.25, -0.2) is 0 Å². The van der Waals surface area contributed by atoms with Gasteiger partial charge in [-0.05, 0) is 52.5 Å². The fraction of sp³-hybridized carbons (Fsp3) is 0.611. The van der Waals surface area contributed by atoms with Crippen molar-refractivity contribution in [3.63, 3.8) is 0 Å². The number of hydrogen-bond donors (Lipinski definition) is 2. The van der Waals surface area contributed by atoms with Gasteiger partial charge in [0.15, 0.2) is 5.96 Å². The van der Waals surface area contributed by atoms with Crippen molar-refractivity contribution in [3.05, 3.63) is 29.8 Å². The molecule has 1 aromatic rings. The minimum atomic E-state index is 0.455. The second-order valence-corrected chi connectivity index (χ2v) is 6.57. The van der Waals surface area contributed by atoms with Crippen molar-refractivity contribution in [1.82, 2.24) is 15.5 Å². The lowest BCUT2D eigenvalue weighted by molar-refractivity contribution is 0.399. The minimum absolute atomic E-state index is 0.455. The Morgan fingerprint density at radius 3 is 2.70 bits per heavy atom. The van der Waals surface area contributed by atoms with Gasteiger partial charge in [0.25, 0.3) is 0 Å². The molecule has 2 rings (SSSR count). The van der Waals surface area contributed by atoms with Crippen LogP contribution in [0.25, 0.3) is 0 Å². The summed E-state index contributed by atoms with van der Waals surface area (Å²) in [6, 6.07) is 9.25. The number of aryl methyl sites for hydroxylation is 1. The van der Waals surface area contributed by atoms with Gasteiger partial charge in [0.05, 0.1) is 0 Å². The van der Waals surface area contributed by atoms with Crippen LogP contribution in [0, 0.1) is 6.92 Å². The number of anilines is 1. The number of aliphatic imine (C=N–C) groups is 1. The van der Waals surface area contributed by atoms with Crippen LogP contribution >= 0.6 is 0 Å². The predicted octanol–water partition coefficient (Wildman–Crippen LogP) is 1.69. The average molecular weight is 317 g/mol. The molecule has 1 atom stereocenters. The van der Waals surface area contributed by atoms with Gasteiger partial charge in [-0.1, -0.05) is 17.7 Å². The summed E-state index contributed by atoms with van der Waals surface area (Å²) < 4.78 is 0. The number of guanidine groups is 1. The summed E-state index contributed by atoms with van der Waals surface area (Å²) in [6.07, 6.45) is 2.26. The van der Waals surface area contributed by atoms with Crippen molar-refractivity contribution in [2.24, 2.45) is 4.99 Å². The molecule has 5 nitrogen and oxygen atoms in total. The average Bonchev–Trinajstić information content (AvgIpc) is 2.99. The molecule has 23 heavy (non-hydrogen) atoms. The quantitative estimate of drug-likeness (QED) is 0.476. The van der Waals surface area contributed by atoms with Crippen molar-refractivity contribution in [2.75, 3.05) is 52.2 Å². The molecule has 1 fully saturated rings. The van der Waals surface area contributed by atoms with Crippen LogP contribution < -0.4 is 15.5 Å². The Hall–Kier alpha value is -1.75. The van der Waals surface area contributed by atoms with E-state index >= 15 is 0 Å². The standard InChI is InChI=1S/C18H31N5/c1-15-6-8-17(9-7-15)23-13-10-16(14-23)21-18(19-2)20-11-5-12-22(3)4/h6-9,16H,5,10-14H2,1-4H3,(H2,19,20,21). The van der Waals surface area contributed by atoms with Crippen molar-refractivity contribution in [3.8, 4) is 0 Å². The van der Waals surface area contributed by atoms with Crippen LogP contribution in [0.2, 0.25) is 0 Å². The third kappa shape index (κ3) is 5.75. The smallest absolute Gasteiger partial charge is 0.191 e. The highest BCUT2D eigenvalue weighted by Crippen LogP contribution is 2.20. The first-order valence-corrected chi connectivity index (χ1v) is 8.52. The fourth-order valence-electron chi connectivity index (χ4n) is 2.86. The van der Waals surface area contributed by atoms with Crippen LogP contribution in [-0.4, -0.2) is 64.2 Å². The molecule has 0 aliphatic carbocycles. The summed E-state index contributed by atoms with van der Waals surface area (Å²) in [5.41, 5.74) is 2.62. The topological polar surface area (TPSA) is 42.9 Å². The van der Waals surface area contributed by atoms with E-state index in [0.717, 1.165) is 45.0 Å². The Bertz CT molecular complexity index is 495. The largest absolute Gasteiger partial charge is 0.369 e. The number of rotatable bonds is 6. The van der Waals surface area contributed by atoms with E-state index in [2.05, 4.69) is 70.7 Å². The van der Waals surface area contributed by atoms with Crippen LogP contribution in [-0.2, 0) is 0 Å². The lowest BCUT2D eigenvalue weighted by Crippen LogP contribution is -2.45. The van der Waals surface area contributed by atoms with Gasteiger partial charge in [-0.3, -0.25) is 4.99 Å². The molecular weight excluding hydrogens is 286 g/mol. The lowest BCUT2D eigenvalue weighted by atomic mass is 10.2. The second kappa shape index (κ2) is 8.77. The molecule has 1 heterocycles. The molecule has 128 valence electrons. The van der Waals surface area contributed by atoms with Crippen molar-refractivity contribution in [2.45, 2.75) is 25.8 Å². The van der Waals surface area contributed by atoms with Gasteiger partial charge in [-0.15, -0.1) is 0 Å². The molecule has 2 N–H and O–H groups in total. The molecule has 0 saturated carbocycles. The molecule has 1 aromatic carbocycles. The molecule has 0 spiro atoms. The van der Waals surface area contributed by atoms with E-state index in [-0.39, 0.29) is 0 Å². The molecular formula is C18H31N5. The Kier molecular flexibility index (Phi) is 6.71. The molecule has 1 aliphatic rings. The number of benzene rings is 1. The van der Waals surface area contributed by atoms with E-state index in [4.69, 9.17) is 0 Å². The molecule has 0 bridgehead atoms. The monoisotopic (exact) mass is 317 g/mol. The summed E-state index contributed by atoms with van der Waals surface area (Å²) in [5.74, 6) is 0.916. The van der Waals surface area contributed by atoms with E-state index in [0.29, 0.717) is 6.04 Å². The normalized spacial score (nSPS) is 18.6. The Morgan fingerprint density at radius 2 is 2.04 bits per heavy atom. The SMILES string of the molecule is CN=C(NCCCN(C)C)NC1CCN(c2ccc(C)cc2)C1. The lowest BCUT2D eigenvalue weighted by Gasteiger charge is -2.20. The first-order chi connectivity index (χ1) is 11.1. The van der Waals surface area contributed by atoms with E-state index in [1.54, 1.807) is 0 Å². The van der Waals surface area contributed by atoms with Crippen LogP contribution in [0.5, 0.6) is 0 Å². The van der Waals surface area contributed by atoms with E-state index in [1.807, 2.05) is 7.05 Å². The van der Waals surface area contributed by atoms with E-state index < -0.39 is 0 Å². The highest BCUT2D eigenvalue weighted by Gasteiger charge is 2.23. The van der Waals surface area contributed by atoms with Crippen LogP contribution in [0.3, 0.4) is 0 Å². The third-order valence-corrected chi connectivity index (χ3v) is 4.23. The predicted molar refractivity (Wildman–Crippen MR) is 99.5 cm³/mol.